The van der Waals surface area contributed by atoms with Crippen molar-refractivity contribution in [2.24, 2.45) is 5.73 Å². The molecule has 1 fully saturated rings. The van der Waals surface area contributed by atoms with Crippen molar-refractivity contribution in [1.82, 2.24) is 9.97 Å². The molecule has 6 heteroatoms. The minimum atomic E-state index is -0.831. The van der Waals surface area contributed by atoms with Gasteiger partial charge in [0.1, 0.15) is 5.54 Å². The number of ether oxygens (including phenoxy) is 1. The minimum Gasteiger partial charge on any atom is -0.465 e. The lowest BCUT2D eigenvalue weighted by atomic mass is 10.00. The van der Waals surface area contributed by atoms with Gasteiger partial charge in [0.2, 0.25) is 0 Å². The maximum Gasteiger partial charge on any atom is 0.326 e. The van der Waals surface area contributed by atoms with Crippen LogP contribution in [0.4, 0.5) is 0 Å². The number of rotatable bonds is 4. The van der Waals surface area contributed by atoms with Crippen LogP contribution in [0.25, 0.3) is 0 Å². The van der Waals surface area contributed by atoms with Gasteiger partial charge in [-0.15, -0.1) is 0 Å². The second-order valence-corrected chi connectivity index (χ2v) is 5.66. The van der Waals surface area contributed by atoms with Crippen molar-refractivity contribution in [3.05, 3.63) is 18.5 Å². The summed E-state index contributed by atoms with van der Waals surface area (Å²) in [5.74, 6) is -0.290. The smallest absolute Gasteiger partial charge is 0.326 e. The van der Waals surface area contributed by atoms with Crippen LogP contribution >= 0.6 is 11.8 Å². The molecule has 2 atom stereocenters. The van der Waals surface area contributed by atoms with Crippen LogP contribution in [0.3, 0.4) is 0 Å². The van der Waals surface area contributed by atoms with E-state index in [4.69, 9.17) is 10.5 Å². The Morgan fingerprint density at radius 1 is 1.61 bits per heavy atom. The first kappa shape index (κ1) is 13.3. The van der Waals surface area contributed by atoms with E-state index in [1.807, 2.05) is 0 Å². The third kappa shape index (κ3) is 3.00. The number of nitrogens with zero attached hydrogens (tertiary/aromatic N) is 2. The van der Waals surface area contributed by atoms with Crippen LogP contribution in [-0.2, 0) is 9.53 Å². The van der Waals surface area contributed by atoms with E-state index in [0.29, 0.717) is 19.4 Å². The highest BCUT2D eigenvalue weighted by Gasteiger charge is 2.43. The van der Waals surface area contributed by atoms with Crippen molar-refractivity contribution in [2.45, 2.75) is 42.1 Å². The molecule has 0 bridgehead atoms. The zero-order valence-electron chi connectivity index (χ0n) is 10.3. The molecule has 1 aliphatic carbocycles. The molecule has 1 aromatic heterocycles. The summed E-state index contributed by atoms with van der Waals surface area (Å²) in [6, 6.07) is 1.78. The molecular formula is C12H17N3O2S. The molecule has 1 heterocycles. The fourth-order valence-corrected chi connectivity index (χ4v) is 3.24. The minimum absolute atomic E-state index is 0.279. The average molecular weight is 267 g/mol. The molecule has 0 aliphatic heterocycles. The monoisotopic (exact) mass is 267 g/mol. The number of esters is 1. The summed E-state index contributed by atoms with van der Waals surface area (Å²) in [5.41, 5.74) is 5.27. The third-order valence-corrected chi connectivity index (χ3v) is 4.16. The number of thioether (sulfide) groups is 1. The summed E-state index contributed by atoms with van der Waals surface area (Å²) < 4.78 is 5.02. The van der Waals surface area contributed by atoms with Crippen LogP contribution < -0.4 is 5.73 Å². The molecule has 0 radical (unpaired) electrons. The van der Waals surface area contributed by atoms with E-state index in [0.717, 1.165) is 11.6 Å². The van der Waals surface area contributed by atoms with E-state index >= 15 is 0 Å². The molecule has 0 aromatic carbocycles. The van der Waals surface area contributed by atoms with Gasteiger partial charge in [-0.25, -0.2) is 9.97 Å². The van der Waals surface area contributed by atoms with Crippen molar-refractivity contribution in [2.75, 3.05) is 6.61 Å². The summed E-state index contributed by atoms with van der Waals surface area (Å²) in [4.78, 5) is 20.1. The topological polar surface area (TPSA) is 78.1 Å². The van der Waals surface area contributed by atoms with Crippen LogP contribution in [0.2, 0.25) is 0 Å². The Labute approximate surface area is 111 Å². The SMILES string of the molecule is CCOC(=O)C1(N)CCC(Sc2ncccn2)C1. The quantitative estimate of drug-likeness (QED) is 0.656. The first-order valence-corrected chi connectivity index (χ1v) is 6.92. The number of carbonyl (C=O) groups excluding carboxylic acids is 1. The Bertz CT molecular complexity index is 415. The Morgan fingerprint density at radius 3 is 3.00 bits per heavy atom. The highest BCUT2D eigenvalue weighted by Crippen LogP contribution is 2.38. The number of carbonyl (C=O) groups is 1. The summed E-state index contributed by atoms with van der Waals surface area (Å²) in [6.45, 7) is 2.16. The fraction of sp³-hybridized carbons (Fsp3) is 0.583. The molecule has 5 nitrogen and oxygen atoms in total. The van der Waals surface area contributed by atoms with Gasteiger partial charge in [0.05, 0.1) is 6.61 Å². The highest BCUT2D eigenvalue weighted by molar-refractivity contribution is 7.99. The van der Waals surface area contributed by atoms with Crippen LogP contribution in [-0.4, -0.2) is 33.3 Å². The number of aromatic nitrogens is 2. The van der Waals surface area contributed by atoms with Gasteiger partial charge in [0.15, 0.2) is 5.16 Å². The molecule has 18 heavy (non-hydrogen) atoms. The summed E-state index contributed by atoms with van der Waals surface area (Å²) in [5, 5.41) is 1.01. The first-order valence-electron chi connectivity index (χ1n) is 6.04. The van der Waals surface area contributed by atoms with Crippen LogP contribution in [0.1, 0.15) is 26.2 Å². The van der Waals surface area contributed by atoms with Gasteiger partial charge in [0, 0.05) is 17.6 Å². The molecule has 98 valence electrons. The Hall–Kier alpha value is -1.14. The second-order valence-electron chi connectivity index (χ2n) is 4.39. The van der Waals surface area contributed by atoms with Crippen molar-refractivity contribution < 1.29 is 9.53 Å². The maximum absolute atomic E-state index is 11.8. The van der Waals surface area contributed by atoms with Gasteiger partial charge in [-0.1, -0.05) is 11.8 Å². The van der Waals surface area contributed by atoms with Crippen molar-refractivity contribution in [3.63, 3.8) is 0 Å². The number of hydrogen-bond acceptors (Lipinski definition) is 6. The molecular weight excluding hydrogens is 250 g/mol. The van der Waals surface area contributed by atoms with E-state index in [1.165, 1.54) is 0 Å². The third-order valence-electron chi connectivity index (χ3n) is 3.00. The Kier molecular flexibility index (Phi) is 4.19. The molecule has 0 amide bonds. The predicted molar refractivity (Wildman–Crippen MR) is 69.1 cm³/mol. The lowest BCUT2D eigenvalue weighted by Crippen LogP contribution is -2.47. The Balaban J connectivity index is 1.94. The van der Waals surface area contributed by atoms with Crippen LogP contribution in [0.5, 0.6) is 0 Å². The van der Waals surface area contributed by atoms with Crippen molar-refractivity contribution >= 4 is 17.7 Å². The largest absolute Gasteiger partial charge is 0.465 e. The Morgan fingerprint density at radius 2 is 2.33 bits per heavy atom. The zero-order chi connectivity index (χ0) is 13.0. The van der Waals surface area contributed by atoms with Crippen LogP contribution in [0.15, 0.2) is 23.6 Å². The van der Waals surface area contributed by atoms with Gasteiger partial charge in [0.25, 0.3) is 0 Å². The van der Waals surface area contributed by atoms with Gasteiger partial charge >= 0.3 is 5.97 Å². The van der Waals surface area contributed by atoms with Gasteiger partial charge in [-0.05, 0) is 32.3 Å². The highest BCUT2D eigenvalue weighted by atomic mass is 32.2. The fourth-order valence-electron chi connectivity index (χ4n) is 2.09. The predicted octanol–water partition coefficient (Wildman–Crippen LogP) is 1.38. The lowest BCUT2D eigenvalue weighted by Gasteiger charge is -2.21. The van der Waals surface area contributed by atoms with E-state index in [1.54, 1.807) is 37.1 Å². The van der Waals surface area contributed by atoms with E-state index in [9.17, 15) is 4.79 Å². The average Bonchev–Trinajstić information content (AvgIpc) is 2.74. The van der Waals surface area contributed by atoms with E-state index in [2.05, 4.69) is 9.97 Å². The summed E-state index contributed by atoms with van der Waals surface area (Å²) >= 11 is 1.58. The van der Waals surface area contributed by atoms with Crippen molar-refractivity contribution in [3.8, 4) is 0 Å². The number of hydrogen-bond donors (Lipinski definition) is 1. The molecule has 0 spiro atoms. The summed E-state index contributed by atoms with van der Waals surface area (Å²) in [6.07, 6.45) is 5.60. The summed E-state index contributed by atoms with van der Waals surface area (Å²) in [7, 11) is 0. The molecule has 2 unspecified atom stereocenters. The second kappa shape index (κ2) is 5.67. The van der Waals surface area contributed by atoms with E-state index in [-0.39, 0.29) is 11.2 Å². The zero-order valence-corrected chi connectivity index (χ0v) is 11.2. The normalized spacial score (nSPS) is 27.1. The van der Waals surface area contributed by atoms with E-state index < -0.39 is 5.54 Å². The first-order chi connectivity index (χ1) is 8.64. The van der Waals surface area contributed by atoms with Gasteiger partial charge in [-0.3, -0.25) is 4.79 Å². The molecule has 0 saturated heterocycles. The van der Waals surface area contributed by atoms with Crippen LogP contribution in [0, 0.1) is 0 Å². The van der Waals surface area contributed by atoms with Gasteiger partial charge in [-0.2, -0.15) is 0 Å². The lowest BCUT2D eigenvalue weighted by molar-refractivity contribution is -0.149. The number of nitrogens with two attached hydrogens (primary N) is 1. The maximum atomic E-state index is 11.8. The standard InChI is InChI=1S/C12H17N3O2S/c1-2-17-10(16)12(13)5-4-9(8-12)18-11-14-6-3-7-15-11/h3,6-7,9H,2,4-5,8,13H2,1H3. The van der Waals surface area contributed by atoms with Gasteiger partial charge < -0.3 is 10.5 Å². The molecule has 1 saturated carbocycles. The molecule has 2 rings (SSSR count). The molecule has 1 aliphatic rings. The van der Waals surface area contributed by atoms with Crippen molar-refractivity contribution in [1.29, 1.82) is 0 Å². The molecule has 1 aromatic rings. The molecule has 2 N–H and O–H groups in total.